The Morgan fingerprint density at radius 1 is 1.07 bits per heavy atom. The largest absolute Gasteiger partial charge is 0.462 e. The van der Waals surface area contributed by atoms with Crippen molar-refractivity contribution in [1.29, 1.82) is 0 Å². The van der Waals surface area contributed by atoms with Gasteiger partial charge in [-0.15, -0.1) is 0 Å². The zero-order valence-electron chi connectivity index (χ0n) is 20.5. The van der Waals surface area contributed by atoms with Gasteiger partial charge in [0.1, 0.15) is 6.10 Å². The van der Waals surface area contributed by atoms with Crippen LogP contribution in [0, 0.1) is 46.3 Å². The monoisotopic (exact) mass is 414 g/mol. The number of ether oxygens (including phenoxy) is 1. The first-order valence-corrected chi connectivity index (χ1v) is 13.0. The first-order valence-electron chi connectivity index (χ1n) is 13.0. The summed E-state index contributed by atoms with van der Waals surface area (Å²) in [5, 5.41) is 0. The maximum absolute atomic E-state index is 11.5. The van der Waals surface area contributed by atoms with Crippen molar-refractivity contribution in [2.75, 3.05) is 0 Å². The Balaban J connectivity index is 1.50. The summed E-state index contributed by atoms with van der Waals surface area (Å²) in [5.74, 6) is 5.17. The van der Waals surface area contributed by atoms with E-state index in [0.717, 1.165) is 48.3 Å². The van der Waals surface area contributed by atoms with Gasteiger partial charge in [0.25, 0.3) is 0 Å². The molecule has 0 saturated heterocycles. The fraction of sp³-hybridized carbons (Fsp3) is 0.893. The molecule has 0 aromatic carbocycles. The summed E-state index contributed by atoms with van der Waals surface area (Å²) in [7, 11) is 0. The molecule has 8 unspecified atom stereocenters. The predicted molar refractivity (Wildman–Crippen MR) is 124 cm³/mol. The fourth-order valence-electron chi connectivity index (χ4n) is 8.74. The SMILES string of the molecule is CC(=O)OC1CCC2(C)C(=CCC3C2CCC2(C)C(C(C)CCC(C)C)CCC32)C1. The lowest BCUT2D eigenvalue weighted by Crippen LogP contribution is -2.51. The van der Waals surface area contributed by atoms with Crippen molar-refractivity contribution in [3.8, 4) is 0 Å². The highest BCUT2D eigenvalue weighted by Crippen LogP contribution is 2.67. The number of carbonyl (C=O) groups excluding carboxylic acids is 1. The molecule has 2 nitrogen and oxygen atoms in total. The molecule has 3 fully saturated rings. The number of rotatable bonds is 5. The second kappa shape index (κ2) is 8.28. The molecule has 0 amide bonds. The third-order valence-corrected chi connectivity index (χ3v) is 10.4. The van der Waals surface area contributed by atoms with Crippen LogP contribution in [0.5, 0.6) is 0 Å². The van der Waals surface area contributed by atoms with Crippen molar-refractivity contribution in [2.24, 2.45) is 46.3 Å². The summed E-state index contributed by atoms with van der Waals surface area (Å²) in [4.78, 5) is 11.5. The van der Waals surface area contributed by atoms with Gasteiger partial charge in [-0.05, 0) is 91.3 Å². The van der Waals surface area contributed by atoms with Crippen LogP contribution in [-0.4, -0.2) is 12.1 Å². The summed E-state index contributed by atoms with van der Waals surface area (Å²) in [6.07, 6.45) is 15.8. The fourth-order valence-corrected chi connectivity index (χ4v) is 8.74. The summed E-state index contributed by atoms with van der Waals surface area (Å²) in [6, 6.07) is 0. The van der Waals surface area contributed by atoms with E-state index < -0.39 is 0 Å². The zero-order chi connectivity index (χ0) is 21.7. The minimum Gasteiger partial charge on any atom is -0.462 e. The number of hydrogen-bond donors (Lipinski definition) is 0. The van der Waals surface area contributed by atoms with E-state index in [-0.39, 0.29) is 12.1 Å². The van der Waals surface area contributed by atoms with Crippen molar-refractivity contribution in [3.05, 3.63) is 11.6 Å². The second-order valence-corrected chi connectivity index (χ2v) is 12.4. The van der Waals surface area contributed by atoms with E-state index in [2.05, 4.69) is 40.7 Å². The topological polar surface area (TPSA) is 26.3 Å². The van der Waals surface area contributed by atoms with Gasteiger partial charge in [-0.1, -0.05) is 59.1 Å². The minimum atomic E-state index is -0.116. The molecule has 4 aliphatic carbocycles. The van der Waals surface area contributed by atoms with Crippen molar-refractivity contribution in [2.45, 2.75) is 112 Å². The molecule has 0 aliphatic heterocycles. The molecule has 0 aromatic heterocycles. The molecular formula is C28H46O2. The molecule has 0 N–H and O–H groups in total. The molecule has 2 heteroatoms. The number of carbonyl (C=O) groups is 1. The number of allylic oxidation sites excluding steroid dienone is 1. The van der Waals surface area contributed by atoms with Crippen molar-refractivity contribution >= 4 is 5.97 Å². The average molecular weight is 415 g/mol. The van der Waals surface area contributed by atoms with Gasteiger partial charge in [-0.3, -0.25) is 4.79 Å². The van der Waals surface area contributed by atoms with Crippen molar-refractivity contribution < 1.29 is 9.53 Å². The van der Waals surface area contributed by atoms with Crippen LogP contribution in [0.4, 0.5) is 0 Å². The number of hydrogen-bond acceptors (Lipinski definition) is 2. The highest BCUT2D eigenvalue weighted by atomic mass is 16.5. The van der Waals surface area contributed by atoms with Gasteiger partial charge in [0, 0.05) is 13.3 Å². The molecule has 3 saturated carbocycles. The first kappa shape index (κ1) is 22.4. The van der Waals surface area contributed by atoms with Crippen LogP contribution in [0.2, 0.25) is 0 Å². The summed E-state index contributed by atoms with van der Waals surface area (Å²) >= 11 is 0. The molecule has 0 heterocycles. The molecule has 8 atom stereocenters. The van der Waals surface area contributed by atoms with E-state index in [0.29, 0.717) is 10.8 Å². The van der Waals surface area contributed by atoms with Gasteiger partial charge in [0.2, 0.25) is 0 Å². The van der Waals surface area contributed by atoms with Gasteiger partial charge >= 0.3 is 5.97 Å². The van der Waals surface area contributed by atoms with Gasteiger partial charge in [-0.2, -0.15) is 0 Å². The molecule has 0 spiro atoms. The third-order valence-electron chi connectivity index (χ3n) is 10.4. The minimum absolute atomic E-state index is 0.116. The van der Waals surface area contributed by atoms with Crippen LogP contribution >= 0.6 is 0 Å². The number of fused-ring (bicyclic) bond motifs is 5. The maximum atomic E-state index is 11.5. The zero-order valence-corrected chi connectivity index (χ0v) is 20.5. The van der Waals surface area contributed by atoms with E-state index in [1.165, 1.54) is 51.4 Å². The smallest absolute Gasteiger partial charge is 0.302 e. The van der Waals surface area contributed by atoms with Crippen LogP contribution < -0.4 is 0 Å². The molecule has 0 aromatic rings. The second-order valence-electron chi connectivity index (χ2n) is 12.4. The Morgan fingerprint density at radius 3 is 2.53 bits per heavy atom. The normalized spacial score (nSPS) is 44.0. The molecule has 4 aliphatic rings. The first-order chi connectivity index (χ1) is 14.1. The highest BCUT2D eigenvalue weighted by molar-refractivity contribution is 5.66. The molecule has 4 rings (SSSR count). The van der Waals surface area contributed by atoms with Crippen molar-refractivity contribution in [3.63, 3.8) is 0 Å². The van der Waals surface area contributed by atoms with Crippen LogP contribution in [0.15, 0.2) is 11.6 Å². The number of esters is 1. The van der Waals surface area contributed by atoms with Crippen LogP contribution in [0.3, 0.4) is 0 Å². The lowest BCUT2D eigenvalue weighted by Gasteiger charge is -2.58. The molecule has 0 bridgehead atoms. The Hall–Kier alpha value is -0.790. The molecule has 0 radical (unpaired) electrons. The maximum Gasteiger partial charge on any atom is 0.302 e. The van der Waals surface area contributed by atoms with Crippen LogP contribution in [-0.2, 0) is 9.53 Å². The quantitative estimate of drug-likeness (QED) is 0.342. The Labute approximate surface area is 185 Å². The average Bonchev–Trinajstić information content (AvgIpc) is 3.03. The van der Waals surface area contributed by atoms with Gasteiger partial charge in [-0.25, -0.2) is 0 Å². The summed E-state index contributed by atoms with van der Waals surface area (Å²) in [5.41, 5.74) is 2.53. The molecule has 30 heavy (non-hydrogen) atoms. The lowest BCUT2D eigenvalue weighted by atomic mass is 9.47. The highest BCUT2D eigenvalue weighted by Gasteiger charge is 2.59. The Kier molecular flexibility index (Phi) is 6.19. The van der Waals surface area contributed by atoms with E-state index in [1.54, 1.807) is 12.5 Å². The molecule has 170 valence electrons. The van der Waals surface area contributed by atoms with E-state index >= 15 is 0 Å². The van der Waals surface area contributed by atoms with Gasteiger partial charge < -0.3 is 4.74 Å². The third kappa shape index (κ3) is 3.79. The summed E-state index contributed by atoms with van der Waals surface area (Å²) in [6.45, 7) is 14.1. The summed E-state index contributed by atoms with van der Waals surface area (Å²) < 4.78 is 5.61. The van der Waals surface area contributed by atoms with E-state index in [9.17, 15) is 4.79 Å². The predicted octanol–water partition coefficient (Wildman–Crippen LogP) is 7.57. The van der Waals surface area contributed by atoms with E-state index in [1.807, 2.05) is 0 Å². The standard InChI is InChI=1S/C28H46O2/c1-18(2)7-8-19(3)24-11-12-25-23-10-9-21-17-22(30-20(4)29)13-15-27(21,5)26(23)14-16-28(24,25)6/h9,18-19,22-26H,7-8,10-17H2,1-6H3. The Bertz CT molecular complexity index is 678. The van der Waals surface area contributed by atoms with Crippen molar-refractivity contribution in [1.82, 2.24) is 0 Å². The van der Waals surface area contributed by atoms with Crippen LogP contribution in [0.25, 0.3) is 0 Å². The Morgan fingerprint density at radius 2 is 1.83 bits per heavy atom. The van der Waals surface area contributed by atoms with Gasteiger partial charge in [0.15, 0.2) is 0 Å². The van der Waals surface area contributed by atoms with Crippen LogP contribution in [0.1, 0.15) is 106 Å². The van der Waals surface area contributed by atoms with Gasteiger partial charge in [0.05, 0.1) is 0 Å². The lowest BCUT2D eigenvalue weighted by molar-refractivity contribution is -0.148. The van der Waals surface area contributed by atoms with E-state index in [4.69, 9.17) is 4.74 Å². The molecular weight excluding hydrogens is 368 g/mol.